The highest BCUT2D eigenvalue weighted by atomic mass is 127. The zero-order chi connectivity index (χ0) is 13.4. The maximum Gasteiger partial charge on any atom is 0.201 e. The molecule has 0 aliphatic heterocycles. The van der Waals surface area contributed by atoms with E-state index < -0.39 is 0 Å². The molecule has 3 nitrogen and oxygen atoms in total. The number of fused-ring (bicyclic) bond motifs is 1. The lowest BCUT2D eigenvalue weighted by Crippen LogP contribution is -2.23. The summed E-state index contributed by atoms with van der Waals surface area (Å²) in [6, 6.07) is 6.96. The van der Waals surface area contributed by atoms with Gasteiger partial charge in [0, 0.05) is 9.61 Å². The monoisotopic (exact) mass is 369 g/mol. The van der Waals surface area contributed by atoms with Crippen molar-refractivity contribution in [3.63, 3.8) is 0 Å². The van der Waals surface area contributed by atoms with Crippen molar-refractivity contribution in [1.29, 1.82) is 0 Å². The summed E-state index contributed by atoms with van der Waals surface area (Å²) < 4.78 is 3.50. The molecule has 0 spiro atoms. The average molecular weight is 369 g/mol. The second-order valence-electron chi connectivity index (χ2n) is 5.49. The van der Waals surface area contributed by atoms with Gasteiger partial charge in [0.05, 0.1) is 11.0 Å². The number of hydrogen-bond acceptors (Lipinski definition) is 2. The van der Waals surface area contributed by atoms with Crippen molar-refractivity contribution in [2.45, 2.75) is 45.1 Å². The van der Waals surface area contributed by atoms with Crippen LogP contribution in [0.25, 0.3) is 11.0 Å². The molecule has 1 heterocycles. The summed E-state index contributed by atoms with van der Waals surface area (Å²) in [7, 11) is 0. The van der Waals surface area contributed by atoms with E-state index in [1.807, 2.05) is 0 Å². The van der Waals surface area contributed by atoms with Crippen LogP contribution >= 0.6 is 22.6 Å². The van der Waals surface area contributed by atoms with E-state index >= 15 is 0 Å². The van der Waals surface area contributed by atoms with Gasteiger partial charge in [0.1, 0.15) is 0 Å². The molecule has 19 heavy (non-hydrogen) atoms. The highest BCUT2D eigenvalue weighted by Crippen LogP contribution is 2.39. The lowest BCUT2D eigenvalue weighted by molar-refractivity contribution is 0.239. The summed E-state index contributed by atoms with van der Waals surface area (Å²) in [5.41, 5.74) is 8.43. The molecular weight excluding hydrogens is 349 g/mol. The number of anilines is 1. The molecule has 1 fully saturated rings. The molecule has 2 aromatic rings. The van der Waals surface area contributed by atoms with E-state index in [4.69, 9.17) is 5.73 Å². The van der Waals surface area contributed by atoms with Crippen LogP contribution in [0.3, 0.4) is 0 Å². The van der Waals surface area contributed by atoms with Crippen LogP contribution in [0, 0.1) is 9.49 Å². The van der Waals surface area contributed by atoms with Gasteiger partial charge < -0.3 is 10.3 Å². The summed E-state index contributed by atoms with van der Waals surface area (Å²) >= 11 is 2.32. The highest BCUT2D eigenvalue weighted by molar-refractivity contribution is 14.1. The Bertz CT molecular complexity index is 590. The number of benzene rings is 1. The van der Waals surface area contributed by atoms with E-state index in [1.165, 1.54) is 41.2 Å². The highest BCUT2D eigenvalue weighted by Gasteiger charge is 2.27. The van der Waals surface area contributed by atoms with Crippen LogP contribution < -0.4 is 5.73 Å². The maximum atomic E-state index is 6.20. The summed E-state index contributed by atoms with van der Waals surface area (Å²) in [6.07, 6.45) is 6.46. The van der Waals surface area contributed by atoms with Crippen molar-refractivity contribution in [2.75, 3.05) is 5.73 Å². The second kappa shape index (κ2) is 5.31. The van der Waals surface area contributed by atoms with E-state index in [-0.39, 0.29) is 0 Å². The first kappa shape index (κ1) is 13.2. The molecule has 1 aliphatic carbocycles. The molecule has 1 aliphatic rings. The Labute approximate surface area is 127 Å². The van der Waals surface area contributed by atoms with Crippen LogP contribution in [0.15, 0.2) is 18.2 Å². The number of nitrogens with two attached hydrogens (primary N) is 1. The minimum absolute atomic E-state index is 0.531. The summed E-state index contributed by atoms with van der Waals surface area (Å²) in [6.45, 7) is 2.29. The maximum absolute atomic E-state index is 6.20. The van der Waals surface area contributed by atoms with Gasteiger partial charge in [-0.2, -0.15) is 0 Å². The van der Waals surface area contributed by atoms with Gasteiger partial charge in [-0.3, -0.25) is 0 Å². The fraction of sp³-hybridized carbons (Fsp3) is 0.533. The molecule has 3 rings (SSSR count). The molecule has 2 N–H and O–H groups in total. The first-order valence-electron chi connectivity index (χ1n) is 7.13. The van der Waals surface area contributed by atoms with E-state index in [2.05, 4.69) is 57.3 Å². The number of halogens is 1. The zero-order valence-electron chi connectivity index (χ0n) is 11.3. The van der Waals surface area contributed by atoms with E-state index in [0.29, 0.717) is 12.0 Å². The number of nitrogens with zero attached hydrogens (tertiary/aromatic N) is 2. The van der Waals surface area contributed by atoms with Crippen molar-refractivity contribution in [3.05, 3.63) is 21.8 Å². The molecule has 4 heteroatoms. The van der Waals surface area contributed by atoms with Gasteiger partial charge in [-0.15, -0.1) is 0 Å². The number of nitrogen functional groups attached to an aromatic ring is 1. The van der Waals surface area contributed by atoms with Crippen LogP contribution in [0.1, 0.15) is 45.1 Å². The average Bonchev–Trinajstić information content (AvgIpc) is 2.73. The van der Waals surface area contributed by atoms with Crippen molar-refractivity contribution in [1.82, 2.24) is 9.55 Å². The first-order valence-corrected chi connectivity index (χ1v) is 8.21. The Kier molecular flexibility index (Phi) is 3.69. The molecule has 102 valence electrons. The number of aromatic nitrogens is 2. The standard InChI is InChI=1S/C15H20IN3/c1-2-10-5-3-4-6-13(10)19-14-8-7-11(16)9-12(14)18-15(19)17/h7-10,13H,2-6H2,1H3,(H2,17,18). The fourth-order valence-electron chi connectivity index (χ4n) is 3.44. The molecule has 0 bridgehead atoms. The lowest BCUT2D eigenvalue weighted by atomic mass is 9.82. The molecule has 1 saturated carbocycles. The summed E-state index contributed by atoms with van der Waals surface area (Å²) in [5.74, 6) is 1.43. The van der Waals surface area contributed by atoms with Crippen molar-refractivity contribution >= 4 is 39.6 Å². The number of imidazole rings is 1. The van der Waals surface area contributed by atoms with Gasteiger partial charge in [-0.1, -0.05) is 26.2 Å². The van der Waals surface area contributed by atoms with Gasteiger partial charge in [-0.05, 0) is 59.5 Å². The fourth-order valence-corrected chi connectivity index (χ4v) is 3.92. The zero-order valence-corrected chi connectivity index (χ0v) is 13.4. The van der Waals surface area contributed by atoms with Gasteiger partial charge in [-0.25, -0.2) is 4.98 Å². The van der Waals surface area contributed by atoms with Gasteiger partial charge in [0.15, 0.2) is 0 Å². The largest absolute Gasteiger partial charge is 0.369 e. The van der Waals surface area contributed by atoms with Crippen LogP contribution in [-0.4, -0.2) is 9.55 Å². The van der Waals surface area contributed by atoms with Gasteiger partial charge in [0.25, 0.3) is 0 Å². The first-order chi connectivity index (χ1) is 9.20. The van der Waals surface area contributed by atoms with E-state index in [0.717, 1.165) is 11.4 Å². The molecule has 1 aromatic heterocycles. The third kappa shape index (κ3) is 2.35. The van der Waals surface area contributed by atoms with Crippen LogP contribution in [0.2, 0.25) is 0 Å². The quantitative estimate of drug-likeness (QED) is 0.800. The molecule has 0 saturated heterocycles. The second-order valence-corrected chi connectivity index (χ2v) is 6.74. The van der Waals surface area contributed by atoms with Crippen molar-refractivity contribution < 1.29 is 0 Å². The predicted molar refractivity (Wildman–Crippen MR) is 88.1 cm³/mol. The van der Waals surface area contributed by atoms with Gasteiger partial charge >= 0.3 is 0 Å². The molecular formula is C15H20IN3. The normalized spacial score (nSPS) is 23.9. The SMILES string of the molecule is CCC1CCCCC1n1c(N)nc2cc(I)ccc21. The minimum Gasteiger partial charge on any atom is -0.369 e. The van der Waals surface area contributed by atoms with Crippen molar-refractivity contribution in [3.8, 4) is 0 Å². The van der Waals surface area contributed by atoms with E-state index in [9.17, 15) is 0 Å². The number of hydrogen-bond donors (Lipinski definition) is 1. The Balaban J connectivity index is 2.10. The molecule has 2 atom stereocenters. The third-order valence-corrected chi connectivity index (χ3v) is 5.07. The topological polar surface area (TPSA) is 43.8 Å². The Morgan fingerprint density at radius 3 is 2.95 bits per heavy atom. The Hall–Kier alpha value is -0.780. The third-order valence-electron chi connectivity index (χ3n) is 4.40. The molecule has 0 amide bonds. The molecule has 1 aromatic carbocycles. The van der Waals surface area contributed by atoms with Crippen molar-refractivity contribution in [2.24, 2.45) is 5.92 Å². The molecule has 2 unspecified atom stereocenters. The van der Waals surface area contributed by atoms with E-state index in [1.54, 1.807) is 0 Å². The van der Waals surface area contributed by atoms with Gasteiger partial charge in [0.2, 0.25) is 5.95 Å². The Morgan fingerprint density at radius 1 is 1.37 bits per heavy atom. The lowest BCUT2D eigenvalue weighted by Gasteiger charge is -2.32. The summed E-state index contributed by atoms with van der Waals surface area (Å²) in [4.78, 5) is 4.55. The minimum atomic E-state index is 0.531. The molecule has 0 radical (unpaired) electrons. The smallest absolute Gasteiger partial charge is 0.201 e. The van der Waals surface area contributed by atoms with Crippen LogP contribution in [0.5, 0.6) is 0 Å². The Morgan fingerprint density at radius 2 is 2.16 bits per heavy atom. The number of rotatable bonds is 2. The summed E-state index contributed by atoms with van der Waals surface area (Å²) in [5, 5.41) is 0. The van der Waals surface area contributed by atoms with Crippen LogP contribution in [0.4, 0.5) is 5.95 Å². The van der Waals surface area contributed by atoms with Crippen LogP contribution in [-0.2, 0) is 0 Å². The predicted octanol–water partition coefficient (Wildman–Crippen LogP) is 4.36.